The largest absolute Gasteiger partial charge is 0.478 e. The molecule has 1 saturated heterocycles. The maximum absolute atomic E-state index is 12.6. The van der Waals surface area contributed by atoms with Gasteiger partial charge in [-0.25, -0.2) is 4.79 Å². The van der Waals surface area contributed by atoms with Crippen LogP contribution in [0.25, 0.3) is 0 Å². The summed E-state index contributed by atoms with van der Waals surface area (Å²) in [6.07, 6.45) is 1.81. The molecule has 0 bridgehead atoms. The molecular formula is C22H24BrNO4. The number of hydrogen-bond acceptors (Lipinski definition) is 3. The maximum Gasteiger partial charge on any atom is 0.347 e. The van der Waals surface area contributed by atoms with Crippen LogP contribution in [0.4, 0.5) is 0 Å². The summed E-state index contributed by atoms with van der Waals surface area (Å²) in [5.41, 5.74) is 0.640. The van der Waals surface area contributed by atoms with Crippen molar-refractivity contribution in [3.05, 3.63) is 64.1 Å². The van der Waals surface area contributed by atoms with Gasteiger partial charge in [0.15, 0.2) is 5.60 Å². The van der Waals surface area contributed by atoms with Gasteiger partial charge in [0, 0.05) is 23.1 Å². The number of halogens is 1. The van der Waals surface area contributed by atoms with Crippen molar-refractivity contribution in [3.63, 3.8) is 0 Å². The Morgan fingerprint density at radius 2 is 1.61 bits per heavy atom. The van der Waals surface area contributed by atoms with Crippen molar-refractivity contribution in [3.8, 4) is 5.75 Å². The normalized spacial score (nSPS) is 15.3. The number of carboxylic acid groups (broad SMARTS) is 1. The van der Waals surface area contributed by atoms with Gasteiger partial charge in [-0.05, 0) is 74.6 Å². The van der Waals surface area contributed by atoms with Crippen LogP contribution in [0, 0.1) is 0 Å². The number of carbonyl (C=O) groups is 2. The van der Waals surface area contributed by atoms with Gasteiger partial charge < -0.3 is 14.7 Å². The number of nitrogens with zero attached hydrogens (tertiary/aromatic N) is 1. The predicted molar refractivity (Wildman–Crippen MR) is 111 cm³/mol. The number of carboxylic acids is 1. The van der Waals surface area contributed by atoms with E-state index in [9.17, 15) is 9.59 Å². The SMILES string of the molecule is CC(C)(Oc1ccc(C2CCN(C(=O)c3ccc(Br)cc3)CC2)cc1)C(=O)O. The van der Waals surface area contributed by atoms with Gasteiger partial charge >= 0.3 is 5.97 Å². The quantitative estimate of drug-likeness (QED) is 0.723. The Hall–Kier alpha value is -2.34. The lowest BCUT2D eigenvalue weighted by Crippen LogP contribution is -2.38. The molecule has 0 aliphatic carbocycles. The molecule has 0 atom stereocenters. The molecule has 0 unspecified atom stereocenters. The minimum Gasteiger partial charge on any atom is -0.478 e. The van der Waals surface area contributed by atoms with Crippen molar-refractivity contribution in [1.29, 1.82) is 0 Å². The molecule has 1 N–H and O–H groups in total. The van der Waals surface area contributed by atoms with Crippen molar-refractivity contribution in [1.82, 2.24) is 4.90 Å². The highest BCUT2D eigenvalue weighted by Crippen LogP contribution is 2.30. The molecule has 1 amide bonds. The van der Waals surface area contributed by atoms with Crippen molar-refractivity contribution < 1.29 is 19.4 Å². The third-order valence-corrected chi connectivity index (χ3v) is 5.64. The average Bonchev–Trinajstić information content (AvgIpc) is 2.68. The molecule has 0 aromatic heterocycles. The highest BCUT2D eigenvalue weighted by atomic mass is 79.9. The van der Waals surface area contributed by atoms with Crippen LogP contribution in [0.15, 0.2) is 53.0 Å². The number of aliphatic carboxylic acids is 1. The molecule has 2 aromatic carbocycles. The summed E-state index contributed by atoms with van der Waals surface area (Å²) in [6, 6.07) is 15.1. The zero-order valence-corrected chi connectivity index (χ0v) is 17.6. The molecule has 6 heteroatoms. The van der Waals surface area contributed by atoms with E-state index in [-0.39, 0.29) is 5.91 Å². The summed E-state index contributed by atoms with van der Waals surface area (Å²) in [4.78, 5) is 25.7. The number of likely N-dealkylation sites (tertiary alicyclic amines) is 1. The Labute approximate surface area is 173 Å². The summed E-state index contributed by atoms with van der Waals surface area (Å²) < 4.78 is 6.52. The zero-order chi connectivity index (χ0) is 20.3. The first-order valence-electron chi connectivity index (χ1n) is 9.33. The van der Waals surface area contributed by atoms with E-state index in [4.69, 9.17) is 9.84 Å². The highest BCUT2D eigenvalue weighted by Gasteiger charge is 2.29. The van der Waals surface area contributed by atoms with Crippen LogP contribution in [0.3, 0.4) is 0 Å². The summed E-state index contributed by atoms with van der Waals surface area (Å²) >= 11 is 3.39. The van der Waals surface area contributed by atoms with E-state index in [2.05, 4.69) is 15.9 Å². The number of piperidine rings is 1. The van der Waals surface area contributed by atoms with Crippen LogP contribution in [-0.4, -0.2) is 40.6 Å². The lowest BCUT2D eigenvalue weighted by molar-refractivity contribution is -0.152. The third-order valence-electron chi connectivity index (χ3n) is 5.11. The smallest absolute Gasteiger partial charge is 0.347 e. The molecular weight excluding hydrogens is 422 g/mol. The van der Waals surface area contributed by atoms with Crippen molar-refractivity contribution in [2.24, 2.45) is 0 Å². The van der Waals surface area contributed by atoms with Crippen LogP contribution >= 0.6 is 15.9 Å². The molecule has 3 rings (SSSR count). The van der Waals surface area contributed by atoms with Crippen molar-refractivity contribution in [2.75, 3.05) is 13.1 Å². The first kappa shape index (κ1) is 20.4. The molecule has 1 aliphatic rings. The van der Waals surface area contributed by atoms with E-state index in [1.165, 1.54) is 19.4 Å². The van der Waals surface area contributed by atoms with Gasteiger partial charge in [-0.3, -0.25) is 4.79 Å². The fourth-order valence-corrected chi connectivity index (χ4v) is 3.60. The second-order valence-electron chi connectivity index (χ2n) is 7.56. The standard InChI is InChI=1S/C22H24BrNO4/c1-22(2,21(26)27)28-19-9-5-15(6-10-19)16-11-13-24(14-12-16)20(25)17-3-7-18(23)8-4-17/h3-10,16H,11-14H2,1-2H3,(H,26,27). The van der Waals surface area contributed by atoms with E-state index >= 15 is 0 Å². The van der Waals surface area contributed by atoms with Gasteiger partial charge in [0.05, 0.1) is 0 Å². The highest BCUT2D eigenvalue weighted by molar-refractivity contribution is 9.10. The Bertz CT molecular complexity index is 838. The fraction of sp³-hybridized carbons (Fsp3) is 0.364. The summed E-state index contributed by atoms with van der Waals surface area (Å²) in [5.74, 6) is -0.000469. The topological polar surface area (TPSA) is 66.8 Å². The first-order valence-corrected chi connectivity index (χ1v) is 10.1. The van der Waals surface area contributed by atoms with E-state index in [1.54, 1.807) is 0 Å². The second kappa shape index (κ2) is 8.35. The number of amides is 1. The number of carbonyl (C=O) groups excluding carboxylic acids is 1. The molecule has 0 saturated carbocycles. The molecule has 0 spiro atoms. The van der Waals surface area contributed by atoms with E-state index < -0.39 is 11.6 Å². The van der Waals surface area contributed by atoms with Gasteiger partial charge in [0.2, 0.25) is 0 Å². The summed E-state index contributed by atoms with van der Waals surface area (Å²) in [7, 11) is 0. The zero-order valence-electron chi connectivity index (χ0n) is 16.0. The van der Waals surface area contributed by atoms with Gasteiger partial charge in [0.1, 0.15) is 5.75 Å². The van der Waals surface area contributed by atoms with Crippen molar-refractivity contribution >= 4 is 27.8 Å². The molecule has 1 aliphatic heterocycles. The second-order valence-corrected chi connectivity index (χ2v) is 8.48. The maximum atomic E-state index is 12.6. The van der Waals surface area contributed by atoms with Crippen LogP contribution in [0.1, 0.15) is 48.5 Å². The van der Waals surface area contributed by atoms with Crippen molar-refractivity contribution in [2.45, 2.75) is 38.2 Å². The number of ether oxygens (including phenoxy) is 1. The first-order chi connectivity index (χ1) is 13.3. The molecule has 2 aromatic rings. The molecule has 1 fully saturated rings. The molecule has 1 heterocycles. The van der Waals surface area contributed by atoms with Gasteiger partial charge in [-0.1, -0.05) is 28.1 Å². The number of rotatable bonds is 5. The average molecular weight is 446 g/mol. The lowest BCUT2D eigenvalue weighted by atomic mass is 9.89. The minimum atomic E-state index is -1.26. The number of hydrogen-bond donors (Lipinski definition) is 1. The Balaban J connectivity index is 1.58. The fourth-order valence-electron chi connectivity index (χ4n) is 3.34. The molecule has 148 valence electrons. The lowest BCUT2D eigenvalue weighted by Gasteiger charge is -2.32. The summed E-state index contributed by atoms with van der Waals surface area (Å²) in [5, 5.41) is 9.17. The Morgan fingerprint density at radius 3 is 2.14 bits per heavy atom. The van der Waals surface area contributed by atoms with Gasteiger partial charge in [0.25, 0.3) is 5.91 Å². The number of benzene rings is 2. The monoisotopic (exact) mass is 445 g/mol. The van der Waals surface area contributed by atoms with Crippen LogP contribution in [0.2, 0.25) is 0 Å². The van der Waals surface area contributed by atoms with E-state index in [0.29, 0.717) is 17.2 Å². The third kappa shape index (κ3) is 4.73. The van der Waals surface area contributed by atoms with Crippen LogP contribution < -0.4 is 4.74 Å². The molecule has 28 heavy (non-hydrogen) atoms. The molecule has 5 nitrogen and oxygen atoms in total. The van der Waals surface area contributed by atoms with Crippen LogP contribution in [-0.2, 0) is 4.79 Å². The molecule has 0 radical (unpaired) electrons. The van der Waals surface area contributed by atoms with Crippen LogP contribution in [0.5, 0.6) is 5.75 Å². The Morgan fingerprint density at radius 1 is 1.04 bits per heavy atom. The van der Waals surface area contributed by atoms with Gasteiger partial charge in [-0.2, -0.15) is 0 Å². The summed E-state index contributed by atoms with van der Waals surface area (Å²) in [6.45, 7) is 4.51. The van der Waals surface area contributed by atoms with E-state index in [1.807, 2.05) is 53.4 Å². The van der Waals surface area contributed by atoms with Gasteiger partial charge in [-0.15, -0.1) is 0 Å². The Kier molecular flexibility index (Phi) is 6.08. The predicted octanol–water partition coefficient (Wildman–Crippen LogP) is 4.71. The minimum absolute atomic E-state index is 0.0746. The van der Waals surface area contributed by atoms with E-state index in [0.717, 1.165) is 30.4 Å².